The molecule has 0 saturated carbocycles. The zero-order chi connectivity index (χ0) is 17.6. The first-order valence-electron chi connectivity index (χ1n) is 8.77. The number of morpholine rings is 1. The molecule has 1 heterocycles. The number of hydrogen-bond acceptors (Lipinski definition) is 3. The van der Waals surface area contributed by atoms with Crippen LogP contribution in [0.4, 0.5) is 0 Å². The number of benzene rings is 1. The molecule has 1 amide bonds. The minimum Gasteiger partial charge on any atom is -0.379 e. The highest BCUT2D eigenvalue weighted by Gasteiger charge is 2.28. The number of carbonyl (C=O) groups is 1. The standard InChI is InChI=1S/C20H30N2O2/c1-16(2)18-8-5-17(6-9-18)7-10-19(23)21-15-20(3,4)22-11-13-24-14-12-22/h5-10,16H,11-15H2,1-4H3,(H,21,23)/b10-7+. The van der Waals surface area contributed by atoms with Gasteiger partial charge in [-0.1, -0.05) is 38.1 Å². The molecule has 1 aliphatic heterocycles. The van der Waals surface area contributed by atoms with Crippen LogP contribution in [-0.2, 0) is 9.53 Å². The van der Waals surface area contributed by atoms with E-state index in [0.29, 0.717) is 12.5 Å². The molecule has 1 aromatic carbocycles. The van der Waals surface area contributed by atoms with Crippen LogP contribution in [0.1, 0.15) is 44.7 Å². The summed E-state index contributed by atoms with van der Waals surface area (Å²) < 4.78 is 5.39. The molecule has 0 atom stereocenters. The number of rotatable bonds is 6. The van der Waals surface area contributed by atoms with E-state index in [0.717, 1.165) is 31.9 Å². The van der Waals surface area contributed by atoms with Gasteiger partial charge in [0, 0.05) is 31.2 Å². The molecule has 0 spiro atoms. The van der Waals surface area contributed by atoms with Crippen molar-refractivity contribution >= 4 is 12.0 Å². The van der Waals surface area contributed by atoms with E-state index in [1.165, 1.54) is 5.56 Å². The van der Waals surface area contributed by atoms with Crippen molar-refractivity contribution in [1.29, 1.82) is 0 Å². The summed E-state index contributed by atoms with van der Waals surface area (Å²) in [6, 6.07) is 8.33. The smallest absolute Gasteiger partial charge is 0.244 e. The fraction of sp³-hybridized carbons (Fsp3) is 0.550. The van der Waals surface area contributed by atoms with Gasteiger partial charge in [0.2, 0.25) is 5.91 Å². The minimum absolute atomic E-state index is 0.0516. The van der Waals surface area contributed by atoms with Gasteiger partial charge < -0.3 is 10.1 Å². The molecule has 0 radical (unpaired) electrons. The molecule has 2 rings (SSSR count). The number of nitrogens with one attached hydrogen (secondary N) is 1. The van der Waals surface area contributed by atoms with Gasteiger partial charge in [0.1, 0.15) is 0 Å². The van der Waals surface area contributed by atoms with Crippen molar-refractivity contribution < 1.29 is 9.53 Å². The number of amides is 1. The van der Waals surface area contributed by atoms with E-state index in [1.54, 1.807) is 6.08 Å². The van der Waals surface area contributed by atoms with E-state index < -0.39 is 0 Å². The maximum atomic E-state index is 12.1. The summed E-state index contributed by atoms with van der Waals surface area (Å²) in [5, 5.41) is 3.01. The highest BCUT2D eigenvalue weighted by Crippen LogP contribution is 2.16. The largest absolute Gasteiger partial charge is 0.379 e. The van der Waals surface area contributed by atoms with Crippen LogP contribution in [-0.4, -0.2) is 49.2 Å². The van der Waals surface area contributed by atoms with Crippen molar-refractivity contribution in [1.82, 2.24) is 10.2 Å². The summed E-state index contributed by atoms with van der Waals surface area (Å²) in [4.78, 5) is 14.4. The van der Waals surface area contributed by atoms with E-state index in [1.807, 2.05) is 6.08 Å². The molecule has 0 aromatic heterocycles. The van der Waals surface area contributed by atoms with Crippen LogP contribution in [0.3, 0.4) is 0 Å². The Labute approximate surface area is 145 Å². The normalized spacial score (nSPS) is 16.7. The third kappa shape index (κ3) is 5.46. The van der Waals surface area contributed by atoms with Crippen molar-refractivity contribution in [3.63, 3.8) is 0 Å². The van der Waals surface area contributed by atoms with Crippen molar-refractivity contribution in [2.45, 2.75) is 39.2 Å². The first kappa shape index (κ1) is 18.7. The molecule has 1 saturated heterocycles. The lowest BCUT2D eigenvalue weighted by atomic mass is 10.0. The maximum absolute atomic E-state index is 12.1. The van der Waals surface area contributed by atoms with Crippen LogP contribution < -0.4 is 5.32 Å². The second-order valence-electron chi connectivity index (χ2n) is 7.28. The summed E-state index contributed by atoms with van der Waals surface area (Å²) in [6.45, 7) is 12.7. The Balaban J connectivity index is 1.83. The summed E-state index contributed by atoms with van der Waals surface area (Å²) >= 11 is 0. The van der Waals surface area contributed by atoms with Gasteiger partial charge in [-0.05, 0) is 37.0 Å². The van der Waals surface area contributed by atoms with Gasteiger partial charge in [-0.25, -0.2) is 0 Å². The van der Waals surface area contributed by atoms with Gasteiger partial charge in [-0.2, -0.15) is 0 Å². The van der Waals surface area contributed by atoms with Gasteiger partial charge in [0.05, 0.1) is 13.2 Å². The zero-order valence-electron chi connectivity index (χ0n) is 15.3. The molecule has 1 N–H and O–H groups in total. The van der Waals surface area contributed by atoms with E-state index in [2.05, 4.69) is 62.2 Å². The number of carbonyl (C=O) groups excluding carboxylic acids is 1. The zero-order valence-corrected chi connectivity index (χ0v) is 15.3. The predicted octanol–water partition coefficient (Wildman–Crippen LogP) is 3.05. The molecular formula is C20H30N2O2. The number of nitrogens with zero attached hydrogens (tertiary/aromatic N) is 1. The fourth-order valence-corrected chi connectivity index (χ4v) is 2.81. The molecular weight excluding hydrogens is 300 g/mol. The van der Waals surface area contributed by atoms with Gasteiger partial charge in [0.25, 0.3) is 0 Å². The summed E-state index contributed by atoms with van der Waals surface area (Å²) in [6.07, 6.45) is 3.47. The topological polar surface area (TPSA) is 41.6 Å². The molecule has 4 nitrogen and oxygen atoms in total. The molecule has 4 heteroatoms. The highest BCUT2D eigenvalue weighted by atomic mass is 16.5. The molecule has 1 aliphatic rings. The quantitative estimate of drug-likeness (QED) is 0.815. The Morgan fingerprint density at radius 3 is 2.46 bits per heavy atom. The minimum atomic E-state index is -0.0633. The van der Waals surface area contributed by atoms with E-state index in [9.17, 15) is 4.79 Å². The van der Waals surface area contributed by atoms with Crippen molar-refractivity contribution in [3.8, 4) is 0 Å². The van der Waals surface area contributed by atoms with Crippen molar-refractivity contribution in [2.24, 2.45) is 0 Å². The van der Waals surface area contributed by atoms with Crippen LogP contribution in [0, 0.1) is 0 Å². The molecule has 0 bridgehead atoms. The molecule has 24 heavy (non-hydrogen) atoms. The Morgan fingerprint density at radius 2 is 1.88 bits per heavy atom. The molecule has 0 aliphatic carbocycles. The van der Waals surface area contributed by atoms with Crippen LogP contribution in [0.25, 0.3) is 6.08 Å². The second-order valence-corrected chi connectivity index (χ2v) is 7.28. The third-order valence-corrected chi connectivity index (χ3v) is 4.59. The first-order valence-corrected chi connectivity index (χ1v) is 8.77. The monoisotopic (exact) mass is 330 g/mol. The number of hydrogen-bond donors (Lipinski definition) is 1. The Morgan fingerprint density at radius 1 is 1.25 bits per heavy atom. The average Bonchev–Trinajstić information content (AvgIpc) is 2.59. The van der Waals surface area contributed by atoms with Crippen molar-refractivity contribution in [3.05, 3.63) is 41.5 Å². The maximum Gasteiger partial charge on any atom is 0.244 e. The summed E-state index contributed by atoms with van der Waals surface area (Å²) in [5.74, 6) is 0.470. The van der Waals surface area contributed by atoms with Crippen molar-refractivity contribution in [2.75, 3.05) is 32.8 Å². The fourth-order valence-electron chi connectivity index (χ4n) is 2.81. The van der Waals surface area contributed by atoms with E-state index in [4.69, 9.17) is 4.74 Å². The lowest BCUT2D eigenvalue weighted by Crippen LogP contribution is -2.55. The van der Waals surface area contributed by atoms with Crippen LogP contribution in [0.5, 0.6) is 0 Å². The second kappa shape index (κ2) is 8.45. The summed E-state index contributed by atoms with van der Waals surface area (Å²) in [7, 11) is 0. The van der Waals surface area contributed by atoms with E-state index in [-0.39, 0.29) is 11.4 Å². The van der Waals surface area contributed by atoms with Gasteiger partial charge >= 0.3 is 0 Å². The Kier molecular flexibility index (Phi) is 6.58. The van der Waals surface area contributed by atoms with Crippen LogP contribution >= 0.6 is 0 Å². The molecule has 0 unspecified atom stereocenters. The predicted molar refractivity (Wildman–Crippen MR) is 99.0 cm³/mol. The average molecular weight is 330 g/mol. The molecule has 132 valence electrons. The summed E-state index contributed by atoms with van der Waals surface area (Å²) in [5.41, 5.74) is 2.29. The highest BCUT2D eigenvalue weighted by molar-refractivity contribution is 5.91. The lowest BCUT2D eigenvalue weighted by Gasteiger charge is -2.40. The Hall–Kier alpha value is -1.65. The number of ether oxygens (including phenoxy) is 1. The van der Waals surface area contributed by atoms with Gasteiger partial charge in [-0.15, -0.1) is 0 Å². The first-order chi connectivity index (χ1) is 11.4. The SMILES string of the molecule is CC(C)c1ccc(/C=C/C(=O)NCC(C)(C)N2CCOCC2)cc1. The molecule has 1 fully saturated rings. The van der Waals surface area contributed by atoms with E-state index >= 15 is 0 Å². The Bertz CT molecular complexity index is 556. The van der Waals surface area contributed by atoms with Gasteiger partial charge in [0.15, 0.2) is 0 Å². The third-order valence-electron chi connectivity index (χ3n) is 4.59. The van der Waals surface area contributed by atoms with Crippen LogP contribution in [0.2, 0.25) is 0 Å². The molecule has 1 aromatic rings. The van der Waals surface area contributed by atoms with Gasteiger partial charge in [-0.3, -0.25) is 9.69 Å². The van der Waals surface area contributed by atoms with Crippen LogP contribution in [0.15, 0.2) is 30.3 Å². The lowest BCUT2D eigenvalue weighted by molar-refractivity contribution is -0.117.